The Morgan fingerprint density at radius 1 is 1.25 bits per heavy atom. The molecule has 0 aliphatic carbocycles. The van der Waals surface area contributed by atoms with Gasteiger partial charge in [-0.25, -0.2) is 9.97 Å². The van der Waals surface area contributed by atoms with Crippen LogP contribution in [0, 0.1) is 0 Å². The van der Waals surface area contributed by atoms with Crippen molar-refractivity contribution in [2.24, 2.45) is 0 Å². The lowest BCUT2D eigenvalue weighted by Gasteiger charge is -2.12. The van der Waals surface area contributed by atoms with Crippen molar-refractivity contribution < 1.29 is 17.9 Å². The van der Waals surface area contributed by atoms with Crippen molar-refractivity contribution in [3.63, 3.8) is 0 Å². The van der Waals surface area contributed by atoms with E-state index in [1.807, 2.05) is 12.1 Å². The highest BCUT2D eigenvalue weighted by atomic mass is 79.9. The van der Waals surface area contributed by atoms with Gasteiger partial charge in [-0.1, -0.05) is 12.1 Å². The lowest BCUT2D eigenvalue weighted by molar-refractivity contribution is -0.141. The smallest absolute Gasteiger partial charge is 0.434 e. The van der Waals surface area contributed by atoms with E-state index in [0.29, 0.717) is 22.5 Å². The van der Waals surface area contributed by atoms with Crippen molar-refractivity contribution in [3.05, 3.63) is 52.5 Å². The van der Waals surface area contributed by atoms with E-state index in [9.17, 15) is 13.2 Å². The highest BCUT2D eigenvalue weighted by Crippen LogP contribution is 2.30. The Kier molecular flexibility index (Phi) is 4.35. The Bertz CT molecular complexity index is 862. The molecule has 1 N–H and O–H groups in total. The van der Waals surface area contributed by atoms with Gasteiger partial charge in [0.2, 0.25) is 0 Å². The molecular formula is C15H12BrF3N4O. The molecule has 0 saturated carbocycles. The third-order valence-corrected chi connectivity index (χ3v) is 3.94. The fourth-order valence-electron chi connectivity index (χ4n) is 2.14. The molecule has 2 aromatic heterocycles. The Hall–Kier alpha value is -2.29. The maximum Gasteiger partial charge on any atom is 0.434 e. The second-order valence-electron chi connectivity index (χ2n) is 4.95. The Morgan fingerprint density at radius 2 is 1.96 bits per heavy atom. The summed E-state index contributed by atoms with van der Waals surface area (Å²) >= 11 is 3.18. The Labute approximate surface area is 143 Å². The molecule has 0 atom stereocenters. The predicted octanol–water partition coefficient (Wildman–Crippen LogP) is 4.13. The van der Waals surface area contributed by atoms with E-state index < -0.39 is 11.9 Å². The molecule has 9 heteroatoms. The average molecular weight is 401 g/mol. The van der Waals surface area contributed by atoms with Crippen LogP contribution in [0.5, 0.6) is 5.75 Å². The van der Waals surface area contributed by atoms with E-state index in [0.717, 1.165) is 11.8 Å². The van der Waals surface area contributed by atoms with Crippen molar-refractivity contribution in [3.8, 4) is 5.75 Å². The SMILES string of the molecule is COc1ccc(CNc2nc(C(F)(F)F)cn3c(Br)cnc23)cc1. The number of benzene rings is 1. The van der Waals surface area contributed by atoms with Gasteiger partial charge in [0.25, 0.3) is 0 Å². The van der Waals surface area contributed by atoms with Gasteiger partial charge in [0.1, 0.15) is 10.4 Å². The van der Waals surface area contributed by atoms with Gasteiger partial charge < -0.3 is 10.1 Å². The molecule has 0 radical (unpaired) electrons. The van der Waals surface area contributed by atoms with Crippen molar-refractivity contribution in [1.29, 1.82) is 0 Å². The summed E-state index contributed by atoms with van der Waals surface area (Å²) in [5.74, 6) is 0.766. The zero-order valence-electron chi connectivity index (χ0n) is 12.4. The number of hydrogen-bond acceptors (Lipinski definition) is 4. The molecule has 0 saturated heterocycles. The number of hydrogen-bond donors (Lipinski definition) is 1. The number of rotatable bonds is 4. The van der Waals surface area contributed by atoms with Crippen molar-refractivity contribution in [2.75, 3.05) is 12.4 Å². The topological polar surface area (TPSA) is 51.5 Å². The molecule has 5 nitrogen and oxygen atoms in total. The summed E-state index contributed by atoms with van der Waals surface area (Å²) in [5.41, 5.74) is 0.188. The molecule has 2 heterocycles. The highest BCUT2D eigenvalue weighted by molar-refractivity contribution is 9.10. The van der Waals surface area contributed by atoms with Gasteiger partial charge in [-0.05, 0) is 33.6 Å². The first-order chi connectivity index (χ1) is 11.4. The number of ether oxygens (including phenoxy) is 1. The number of anilines is 1. The third kappa shape index (κ3) is 3.30. The van der Waals surface area contributed by atoms with E-state index in [1.165, 1.54) is 10.6 Å². The van der Waals surface area contributed by atoms with Gasteiger partial charge in [-0.2, -0.15) is 13.2 Å². The van der Waals surface area contributed by atoms with Gasteiger partial charge in [0.15, 0.2) is 17.2 Å². The van der Waals surface area contributed by atoms with Crippen molar-refractivity contribution >= 4 is 27.4 Å². The number of alkyl halides is 3. The molecule has 126 valence electrons. The summed E-state index contributed by atoms with van der Waals surface area (Å²) in [6.45, 7) is 0.304. The lowest BCUT2D eigenvalue weighted by atomic mass is 10.2. The molecule has 3 aromatic rings. The van der Waals surface area contributed by atoms with Crippen LogP contribution in [0.2, 0.25) is 0 Å². The van der Waals surface area contributed by atoms with Crippen molar-refractivity contribution in [1.82, 2.24) is 14.4 Å². The summed E-state index contributed by atoms with van der Waals surface area (Å²) in [4.78, 5) is 7.75. The molecule has 0 bridgehead atoms. The number of imidazole rings is 1. The van der Waals surface area contributed by atoms with Crippen LogP contribution in [-0.4, -0.2) is 21.5 Å². The zero-order chi connectivity index (χ0) is 17.3. The summed E-state index contributed by atoms with van der Waals surface area (Å²) in [6, 6.07) is 7.19. The molecule has 3 rings (SSSR count). The fraction of sp³-hybridized carbons (Fsp3) is 0.200. The van der Waals surface area contributed by atoms with Gasteiger partial charge in [0.05, 0.1) is 13.3 Å². The molecule has 1 aromatic carbocycles. The summed E-state index contributed by atoms with van der Waals surface area (Å²) < 4.78 is 45.9. The number of methoxy groups -OCH3 is 1. The fourth-order valence-corrected chi connectivity index (χ4v) is 2.52. The first-order valence-corrected chi connectivity index (χ1v) is 7.65. The van der Waals surface area contributed by atoms with E-state index in [-0.39, 0.29) is 5.82 Å². The van der Waals surface area contributed by atoms with Gasteiger partial charge >= 0.3 is 6.18 Å². The maximum absolute atomic E-state index is 13.0. The maximum atomic E-state index is 13.0. The predicted molar refractivity (Wildman–Crippen MR) is 86.0 cm³/mol. The van der Waals surface area contributed by atoms with E-state index in [4.69, 9.17) is 4.74 Å². The second kappa shape index (κ2) is 6.31. The molecule has 24 heavy (non-hydrogen) atoms. The molecule has 0 fully saturated rings. The number of nitrogens with zero attached hydrogens (tertiary/aromatic N) is 3. The zero-order valence-corrected chi connectivity index (χ0v) is 14.0. The molecule has 0 spiro atoms. The molecule has 0 aliphatic heterocycles. The largest absolute Gasteiger partial charge is 0.497 e. The average Bonchev–Trinajstić information content (AvgIpc) is 2.94. The first-order valence-electron chi connectivity index (χ1n) is 6.86. The minimum absolute atomic E-state index is 0.0614. The Balaban J connectivity index is 1.92. The second-order valence-corrected chi connectivity index (χ2v) is 5.76. The van der Waals surface area contributed by atoms with Crippen LogP contribution < -0.4 is 10.1 Å². The molecule has 0 unspecified atom stereocenters. The van der Waals surface area contributed by atoms with Gasteiger partial charge in [-0.3, -0.25) is 4.40 Å². The number of fused-ring (bicyclic) bond motifs is 1. The van der Waals surface area contributed by atoms with Crippen LogP contribution in [-0.2, 0) is 12.7 Å². The van der Waals surface area contributed by atoms with E-state index in [2.05, 4.69) is 31.2 Å². The normalized spacial score (nSPS) is 11.7. The van der Waals surface area contributed by atoms with Crippen molar-refractivity contribution in [2.45, 2.75) is 12.7 Å². The number of halogens is 4. The third-order valence-electron chi connectivity index (χ3n) is 3.36. The lowest BCUT2D eigenvalue weighted by Crippen LogP contribution is -2.13. The monoisotopic (exact) mass is 400 g/mol. The molecular weight excluding hydrogens is 389 g/mol. The summed E-state index contributed by atoms with van der Waals surface area (Å²) in [7, 11) is 1.56. The minimum Gasteiger partial charge on any atom is -0.497 e. The standard InChI is InChI=1S/C15H12BrF3N4O/c1-24-10-4-2-9(3-5-10)6-20-13-14-21-7-12(16)23(14)8-11(22-13)15(17,18)19/h2-5,7-8H,6H2,1H3,(H,20,22). The summed E-state index contributed by atoms with van der Waals surface area (Å²) in [6.07, 6.45) is -2.21. The van der Waals surface area contributed by atoms with Gasteiger partial charge in [0, 0.05) is 12.7 Å². The minimum atomic E-state index is -4.55. The Morgan fingerprint density at radius 3 is 2.58 bits per heavy atom. The van der Waals surface area contributed by atoms with Gasteiger partial charge in [-0.15, -0.1) is 0 Å². The van der Waals surface area contributed by atoms with Crippen LogP contribution in [0.25, 0.3) is 5.65 Å². The molecule has 0 aliphatic rings. The quantitative estimate of drug-likeness (QED) is 0.715. The molecule has 0 amide bonds. The van der Waals surface area contributed by atoms with Crippen LogP contribution in [0.4, 0.5) is 19.0 Å². The van der Waals surface area contributed by atoms with Crippen LogP contribution in [0.15, 0.2) is 41.3 Å². The van der Waals surface area contributed by atoms with Crippen LogP contribution in [0.3, 0.4) is 0 Å². The number of aromatic nitrogens is 3. The number of nitrogens with one attached hydrogen (secondary N) is 1. The van der Waals surface area contributed by atoms with E-state index in [1.54, 1.807) is 19.2 Å². The highest BCUT2D eigenvalue weighted by Gasteiger charge is 2.34. The first kappa shape index (κ1) is 16.6. The van der Waals surface area contributed by atoms with E-state index >= 15 is 0 Å². The van der Waals surface area contributed by atoms with Crippen LogP contribution in [0.1, 0.15) is 11.3 Å². The van der Waals surface area contributed by atoms with Crippen LogP contribution >= 0.6 is 15.9 Å². The summed E-state index contributed by atoms with van der Waals surface area (Å²) in [5, 5.41) is 2.91.